The second-order valence-electron chi connectivity index (χ2n) is 16.1. The van der Waals surface area contributed by atoms with E-state index in [1.807, 2.05) is 5.57 Å². The van der Waals surface area contributed by atoms with Gasteiger partial charge in [-0.25, -0.2) is 0 Å². The smallest absolute Gasteiger partial charge is 0.00851 e. The molecule has 4 rings (SSSR count). The largest absolute Gasteiger partial charge is 0.0811 e. The third kappa shape index (κ3) is 3.69. The quantitative estimate of drug-likeness (QED) is 0.338. The van der Waals surface area contributed by atoms with E-state index in [1.165, 1.54) is 44.9 Å². The Morgan fingerprint density at radius 3 is 1.94 bits per heavy atom. The van der Waals surface area contributed by atoms with Crippen molar-refractivity contribution in [2.24, 2.45) is 62.6 Å². The van der Waals surface area contributed by atoms with E-state index in [4.69, 9.17) is 0 Å². The SMILES string of the molecule is CC(C)(C)C1C=C2CCC3C(CCC4(C)C3CC(C(C)(C)C)C4C(C)(C)C)C2(C)CC1. The van der Waals surface area contributed by atoms with Gasteiger partial charge in [0.15, 0.2) is 0 Å². The van der Waals surface area contributed by atoms with Crippen LogP contribution >= 0.6 is 0 Å². The van der Waals surface area contributed by atoms with E-state index in [2.05, 4.69) is 82.2 Å². The molecule has 178 valence electrons. The molecule has 4 aliphatic carbocycles. The zero-order valence-electron chi connectivity index (χ0n) is 23.0. The molecule has 0 aromatic rings. The first kappa shape index (κ1) is 23.9. The van der Waals surface area contributed by atoms with E-state index in [9.17, 15) is 0 Å². The van der Waals surface area contributed by atoms with E-state index in [0.29, 0.717) is 27.1 Å². The average molecular weight is 427 g/mol. The summed E-state index contributed by atoms with van der Waals surface area (Å²) in [5.41, 5.74) is 4.13. The van der Waals surface area contributed by atoms with Crippen LogP contribution in [0.4, 0.5) is 0 Å². The van der Waals surface area contributed by atoms with Gasteiger partial charge in [-0.3, -0.25) is 0 Å². The van der Waals surface area contributed by atoms with Gasteiger partial charge in [0.05, 0.1) is 0 Å². The topological polar surface area (TPSA) is 0 Å². The van der Waals surface area contributed by atoms with E-state index < -0.39 is 0 Å². The molecule has 8 atom stereocenters. The Labute approximate surface area is 195 Å². The maximum absolute atomic E-state index is 2.78. The molecule has 8 unspecified atom stereocenters. The molecule has 0 radical (unpaired) electrons. The Morgan fingerprint density at radius 2 is 1.39 bits per heavy atom. The molecule has 0 aromatic heterocycles. The lowest BCUT2D eigenvalue weighted by Gasteiger charge is -2.60. The minimum atomic E-state index is 0.405. The van der Waals surface area contributed by atoms with Crippen molar-refractivity contribution in [3.63, 3.8) is 0 Å². The van der Waals surface area contributed by atoms with Gasteiger partial charge >= 0.3 is 0 Å². The van der Waals surface area contributed by atoms with Crippen molar-refractivity contribution in [3.05, 3.63) is 11.6 Å². The minimum Gasteiger partial charge on any atom is -0.0811 e. The molecule has 31 heavy (non-hydrogen) atoms. The first-order valence-electron chi connectivity index (χ1n) is 13.7. The van der Waals surface area contributed by atoms with Gasteiger partial charge in [0.2, 0.25) is 0 Å². The van der Waals surface area contributed by atoms with Crippen LogP contribution in [0.25, 0.3) is 0 Å². The number of fused-ring (bicyclic) bond motifs is 5. The zero-order valence-corrected chi connectivity index (χ0v) is 23.0. The Hall–Kier alpha value is -0.260. The van der Waals surface area contributed by atoms with Crippen LogP contribution < -0.4 is 0 Å². The first-order chi connectivity index (χ1) is 14.0. The maximum Gasteiger partial charge on any atom is -0.00851 e. The van der Waals surface area contributed by atoms with Gasteiger partial charge in [-0.05, 0) is 108 Å². The van der Waals surface area contributed by atoms with E-state index in [0.717, 1.165) is 35.5 Å². The Morgan fingerprint density at radius 1 is 0.742 bits per heavy atom. The first-order valence-corrected chi connectivity index (χ1v) is 13.7. The zero-order chi connectivity index (χ0) is 23.2. The molecular formula is C31H54. The van der Waals surface area contributed by atoms with Crippen LogP contribution in [0.5, 0.6) is 0 Å². The van der Waals surface area contributed by atoms with E-state index in [-0.39, 0.29) is 0 Å². The Balaban J connectivity index is 1.68. The summed E-state index contributed by atoms with van der Waals surface area (Å²) in [5.74, 6) is 5.34. The van der Waals surface area contributed by atoms with Crippen LogP contribution in [0.3, 0.4) is 0 Å². The summed E-state index contributed by atoms with van der Waals surface area (Å²) in [5, 5.41) is 0. The average Bonchev–Trinajstić information content (AvgIpc) is 2.93. The summed E-state index contributed by atoms with van der Waals surface area (Å²) in [6.45, 7) is 28.0. The molecule has 0 aromatic carbocycles. The fraction of sp³-hybridized carbons (Fsp3) is 0.935. The summed E-state index contributed by atoms with van der Waals surface area (Å²) in [6, 6.07) is 0. The molecule has 3 fully saturated rings. The van der Waals surface area contributed by atoms with Crippen LogP contribution in [0.15, 0.2) is 11.6 Å². The number of rotatable bonds is 0. The van der Waals surface area contributed by atoms with Crippen molar-refractivity contribution in [1.29, 1.82) is 0 Å². The van der Waals surface area contributed by atoms with Crippen LogP contribution in [-0.4, -0.2) is 0 Å². The molecule has 0 amide bonds. The van der Waals surface area contributed by atoms with Crippen molar-refractivity contribution in [2.45, 2.75) is 121 Å². The predicted octanol–water partition coefficient (Wildman–Crippen LogP) is 9.55. The lowest BCUT2D eigenvalue weighted by atomic mass is 9.45. The molecular weight excluding hydrogens is 372 g/mol. The molecule has 0 nitrogen and oxygen atoms in total. The van der Waals surface area contributed by atoms with E-state index >= 15 is 0 Å². The highest BCUT2D eigenvalue weighted by molar-refractivity contribution is 5.26. The summed E-state index contributed by atoms with van der Waals surface area (Å²) < 4.78 is 0. The summed E-state index contributed by atoms with van der Waals surface area (Å²) in [6.07, 6.45) is 12.9. The highest BCUT2D eigenvalue weighted by Gasteiger charge is 2.64. The summed E-state index contributed by atoms with van der Waals surface area (Å²) in [4.78, 5) is 0. The van der Waals surface area contributed by atoms with E-state index in [1.54, 1.807) is 0 Å². The minimum absolute atomic E-state index is 0.405. The lowest BCUT2D eigenvalue weighted by molar-refractivity contribution is -0.0768. The van der Waals surface area contributed by atoms with Gasteiger partial charge in [0, 0.05) is 0 Å². The van der Waals surface area contributed by atoms with Gasteiger partial charge in [-0.15, -0.1) is 0 Å². The summed E-state index contributed by atoms with van der Waals surface area (Å²) >= 11 is 0. The van der Waals surface area contributed by atoms with Crippen LogP contribution in [0.1, 0.15) is 121 Å². The van der Waals surface area contributed by atoms with Gasteiger partial charge in [0.1, 0.15) is 0 Å². The van der Waals surface area contributed by atoms with Gasteiger partial charge < -0.3 is 0 Å². The van der Waals surface area contributed by atoms with Crippen molar-refractivity contribution < 1.29 is 0 Å². The van der Waals surface area contributed by atoms with Gasteiger partial charge in [-0.2, -0.15) is 0 Å². The number of allylic oxidation sites excluding steroid dienone is 2. The number of hydrogen-bond acceptors (Lipinski definition) is 0. The summed E-state index contributed by atoms with van der Waals surface area (Å²) in [7, 11) is 0. The lowest BCUT2D eigenvalue weighted by Crippen LogP contribution is -2.52. The second kappa shape index (κ2) is 7.12. The molecule has 0 heteroatoms. The third-order valence-electron chi connectivity index (χ3n) is 11.3. The van der Waals surface area contributed by atoms with Crippen LogP contribution in [0.2, 0.25) is 0 Å². The molecule has 3 saturated carbocycles. The highest BCUT2D eigenvalue weighted by atomic mass is 14.7. The fourth-order valence-corrected chi connectivity index (χ4v) is 9.90. The standard InChI is InChI=1S/C31H54/c1-27(2,3)20-14-16-30(10)21(18-20)12-13-22-23(30)15-17-31(11)24(22)19-25(28(4,5)6)26(31)29(7,8)9/h18,20,22-26H,12-17,19H2,1-11H3. The van der Waals surface area contributed by atoms with Crippen molar-refractivity contribution in [3.8, 4) is 0 Å². The second-order valence-corrected chi connectivity index (χ2v) is 16.1. The van der Waals surface area contributed by atoms with Gasteiger partial charge in [0.25, 0.3) is 0 Å². The molecule has 4 aliphatic rings. The molecule has 0 aliphatic heterocycles. The normalized spacial score (nSPS) is 46.1. The molecule has 0 saturated heterocycles. The van der Waals surface area contributed by atoms with Crippen molar-refractivity contribution in [2.75, 3.05) is 0 Å². The monoisotopic (exact) mass is 426 g/mol. The predicted molar refractivity (Wildman–Crippen MR) is 136 cm³/mol. The number of hydrogen-bond donors (Lipinski definition) is 0. The van der Waals surface area contributed by atoms with Crippen molar-refractivity contribution in [1.82, 2.24) is 0 Å². The van der Waals surface area contributed by atoms with Gasteiger partial charge in [-0.1, -0.05) is 87.8 Å². The fourth-order valence-electron chi connectivity index (χ4n) is 9.90. The highest BCUT2D eigenvalue weighted by Crippen LogP contribution is 2.72. The Bertz CT molecular complexity index is 719. The molecule has 0 spiro atoms. The molecule has 0 N–H and O–H groups in total. The van der Waals surface area contributed by atoms with Crippen LogP contribution in [0, 0.1) is 62.6 Å². The Kier molecular flexibility index (Phi) is 5.49. The van der Waals surface area contributed by atoms with Crippen LogP contribution in [-0.2, 0) is 0 Å². The molecule has 0 heterocycles. The molecule has 0 bridgehead atoms. The van der Waals surface area contributed by atoms with Crippen molar-refractivity contribution >= 4 is 0 Å². The maximum atomic E-state index is 2.78. The third-order valence-corrected chi connectivity index (χ3v) is 11.3.